The predicted octanol–water partition coefficient (Wildman–Crippen LogP) is 2.50. The van der Waals surface area contributed by atoms with Crippen LogP contribution in [0.3, 0.4) is 0 Å². The molecule has 2 aromatic heterocycles. The Labute approximate surface area is 156 Å². The Morgan fingerprint density at radius 1 is 1.04 bits per heavy atom. The van der Waals surface area contributed by atoms with Gasteiger partial charge >= 0.3 is 0 Å². The van der Waals surface area contributed by atoms with E-state index in [0.29, 0.717) is 31.1 Å². The summed E-state index contributed by atoms with van der Waals surface area (Å²) in [7, 11) is 0. The van der Waals surface area contributed by atoms with Crippen LogP contribution in [-0.4, -0.2) is 38.7 Å². The second kappa shape index (κ2) is 6.23. The van der Waals surface area contributed by atoms with E-state index in [-0.39, 0.29) is 17.4 Å². The minimum absolute atomic E-state index is 0.00373. The van der Waals surface area contributed by atoms with Crippen molar-refractivity contribution in [3.05, 3.63) is 76.3 Å². The molecule has 2 aliphatic heterocycles. The van der Waals surface area contributed by atoms with Crippen LogP contribution in [0.25, 0.3) is 11.3 Å². The maximum Gasteiger partial charge on any atom is 0.257 e. The molecule has 5 rings (SSSR count). The van der Waals surface area contributed by atoms with Crippen molar-refractivity contribution in [2.45, 2.75) is 18.9 Å². The highest BCUT2D eigenvalue weighted by Gasteiger charge is 2.37. The van der Waals surface area contributed by atoms with Gasteiger partial charge in [-0.3, -0.25) is 14.7 Å². The number of aromatic nitrogens is 3. The molecule has 2 unspecified atom stereocenters. The fourth-order valence-corrected chi connectivity index (χ4v) is 4.51. The average Bonchev–Trinajstić information content (AvgIpc) is 3.19. The van der Waals surface area contributed by atoms with Crippen molar-refractivity contribution in [1.82, 2.24) is 19.7 Å². The number of pyridine rings is 1. The molecule has 1 aromatic carbocycles. The Morgan fingerprint density at radius 3 is 2.74 bits per heavy atom. The Bertz CT molecular complexity index is 1050. The monoisotopic (exact) mass is 360 g/mol. The fraction of sp³-hybridized carbons (Fsp3) is 0.286. The van der Waals surface area contributed by atoms with Crippen LogP contribution in [0.1, 0.15) is 28.4 Å². The summed E-state index contributed by atoms with van der Waals surface area (Å²) in [4.78, 5) is 27.4. The third-order valence-electron chi connectivity index (χ3n) is 5.70. The molecule has 136 valence electrons. The van der Waals surface area contributed by atoms with E-state index in [2.05, 4.69) is 10.2 Å². The van der Waals surface area contributed by atoms with Gasteiger partial charge in [-0.25, -0.2) is 0 Å². The minimum Gasteiger partial charge on any atom is -0.338 e. The summed E-state index contributed by atoms with van der Waals surface area (Å²) in [5.41, 5.74) is 3.42. The van der Waals surface area contributed by atoms with Gasteiger partial charge in [0.05, 0.1) is 17.5 Å². The Morgan fingerprint density at radius 2 is 1.89 bits per heavy atom. The van der Waals surface area contributed by atoms with Crippen LogP contribution in [0.4, 0.5) is 0 Å². The second-order valence-electron chi connectivity index (χ2n) is 7.43. The minimum atomic E-state index is 0.00373. The number of amides is 1. The van der Waals surface area contributed by atoms with E-state index < -0.39 is 0 Å². The maximum atomic E-state index is 13.3. The second-order valence-corrected chi connectivity index (χ2v) is 7.43. The van der Waals surface area contributed by atoms with Crippen molar-refractivity contribution in [2.75, 3.05) is 13.1 Å². The molecule has 27 heavy (non-hydrogen) atoms. The lowest BCUT2D eigenvalue weighted by Gasteiger charge is -2.42. The molecular weight excluding hydrogens is 340 g/mol. The first-order chi connectivity index (χ1) is 13.2. The molecule has 1 fully saturated rings. The average molecular weight is 360 g/mol. The summed E-state index contributed by atoms with van der Waals surface area (Å²) >= 11 is 0. The van der Waals surface area contributed by atoms with Crippen molar-refractivity contribution in [1.29, 1.82) is 0 Å². The van der Waals surface area contributed by atoms with Gasteiger partial charge in [-0.2, -0.15) is 5.10 Å². The van der Waals surface area contributed by atoms with E-state index in [1.54, 1.807) is 12.3 Å². The molecule has 0 spiro atoms. The summed E-state index contributed by atoms with van der Waals surface area (Å²) < 4.78 is 1.88. The maximum absolute atomic E-state index is 13.3. The van der Waals surface area contributed by atoms with E-state index in [1.165, 1.54) is 0 Å². The number of hydrogen-bond acceptors (Lipinski definition) is 3. The van der Waals surface area contributed by atoms with Crippen LogP contribution in [0.15, 0.2) is 59.5 Å². The fourth-order valence-electron chi connectivity index (χ4n) is 4.51. The van der Waals surface area contributed by atoms with Gasteiger partial charge < -0.3 is 9.47 Å². The third-order valence-corrected chi connectivity index (χ3v) is 5.70. The van der Waals surface area contributed by atoms with Crippen LogP contribution in [0.5, 0.6) is 0 Å². The van der Waals surface area contributed by atoms with Gasteiger partial charge in [-0.05, 0) is 18.4 Å². The van der Waals surface area contributed by atoms with Crippen LogP contribution in [0, 0.1) is 5.92 Å². The van der Waals surface area contributed by atoms with Gasteiger partial charge in [0.25, 0.3) is 11.5 Å². The van der Waals surface area contributed by atoms with E-state index in [9.17, 15) is 9.59 Å². The largest absolute Gasteiger partial charge is 0.338 e. The standard InChI is InChI=1S/C21H20N4O2/c26-19-8-4-7-18-16-9-14(12-25(18)19)11-24(13-16)21(27)17-10-22-23-20(17)15-5-2-1-3-6-15/h1-8,10,14,16H,9,11-13H2,(H,22,23). The molecule has 1 saturated heterocycles. The molecular formula is C21H20N4O2. The van der Waals surface area contributed by atoms with Gasteiger partial charge in [0.15, 0.2) is 0 Å². The number of benzene rings is 1. The van der Waals surface area contributed by atoms with Gasteiger partial charge in [0.2, 0.25) is 0 Å². The van der Waals surface area contributed by atoms with Gasteiger partial charge in [-0.15, -0.1) is 0 Å². The van der Waals surface area contributed by atoms with Gasteiger partial charge in [-0.1, -0.05) is 36.4 Å². The highest BCUT2D eigenvalue weighted by molar-refractivity contribution is 5.99. The molecule has 2 bridgehead atoms. The highest BCUT2D eigenvalue weighted by Crippen LogP contribution is 2.36. The first kappa shape index (κ1) is 16.1. The number of fused-ring (bicyclic) bond motifs is 4. The van der Waals surface area contributed by atoms with Gasteiger partial charge in [0.1, 0.15) is 0 Å². The van der Waals surface area contributed by atoms with E-state index in [4.69, 9.17) is 0 Å². The number of rotatable bonds is 2. The SMILES string of the molecule is O=C(c1cn[nH]c1-c1ccccc1)N1CC2CC(C1)c1cccc(=O)n1C2. The number of hydrogen-bond donors (Lipinski definition) is 1. The summed E-state index contributed by atoms with van der Waals surface area (Å²) in [5, 5.41) is 7.09. The zero-order valence-corrected chi connectivity index (χ0v) is 14.8. The number of aromatic amines is 1. The molecule has 1 amide bonds. The van der Waals surface area contributed by atoms with Crippen LogP contribution in [-0.2, 0) is 6.54 Å². The Hall–Kier alpha value is -3.15. The Balaban J connectivity index is 1.46. The van der Waals surface area contributed by atoms with E-state index >= 15 is 0 Å². The van der Waals surface area contributed by atoms with Crippen molar-refractivity contribution in [3.8, 4) is 11.3 Å². The van der Waals surface area contributed by atoms with E-state index in [1.807, 2.05) is 51.9 Å². The van der Waals surface area contributed by atoms with Crippen molar-refractivity contribution in [2.24, 2.45) is 5.92 Å². The van der Waals surface area contributed by atoms with Crippen LogP contribution >= 0.6 is 0 Å². The quantitative estimate of drug-likeness (QED) is 0.763. The smallest absolute Gasteiger partial charge is 0.257 e. The number of carbonyl (C=O) groups excluding carboxylic acids is 1. The lowest BCUT2D eigenvalue weighted by atomic mass is 9.83. The van der Waals surface area contributed by atoms with Crippen molar-refractivity contribution in [3.63, 3.8) is 0 Å². The zero-order valence-electron chi connectivity index (χ0n) is 14.8. The lowest BCUT2D eigenvalue weighted by Crippen LogP contribution is -2.49. The highest BCUT2D eigenvalue weighted by atomic mass is 16.2. The summed E-state index contributed by atoms with van der Waals surface area (Å²) in [5.74, 6) is 0.527. The number of nitrogens with one attached hydrogen (secondary N) is 1. The van der Waals surface area contributed by atoms with Gasteiger partial charge in [0, 0.05) is 42.9 Å². The number of likely N-dealkylation sites (tertiary alicyclic amines) is 1. The molecule has 3 aromatic rings. The summed E-state index contributed by atoms with van der Waals surface area (Å²) in [6.45, 7) is 2.00. The number of nitrogens with zero attached hydrogens (tertiary/aromatic N) is 3. The molecule has 0 saturated carbocycles. The number of carbonyl (C=O) groups is 1. The summed E-state index contributed by atoms with van der Waals surface area (Å²) in [6.07, 6.45) is 2.65. The number of H-pyrrole nitrogens is 1. The Kier molecular flexibility index (Phi) is 3.70. The van der Waals surface area contributed by atoms with Crippen molar-refractivity contribution >= 4 is 5.91 Å². The first-order valence-electron chi connectivity index (χ1n) is 9.28. The van der Waals surface area contributed by atoms with Crippen molar-refractivity contribution < 1.29 is 4.79 Å². The summed E-state index contributed by atoms with van der Waals surface area (Å²) in [6, 6.07) is 15.2. The predicted molar refractivity (Wildman–Crippen MR) is 101 cm³/mol. The zero-order chi connectivity index (χ0) is 18.4. The number of piperidine rings is 1. The topological polar surface area (TPSA) is 71.0 Å². The molecule has 0 aliphatic carbocycles. The molecule has 0 radical (unpaired) electrons. The molecule has 4 heterocycles. The molecule has 2 aliphatic rings. The molecule has 6 nitrogen and oxygen atoms in total. The molecule has 6 heteroatoms. The van der Waals surface area contributed by atoms with E-state index in [0.717, 1.165) is 23.4 Å². The van der Waals surface area contributed by atoms with Crippen LogP contribution < -0.4 is 5.56 Å². The van der Waals surface area contributed by atoms with Crippen LogP contribution in [0.2, 0.25) is 0 Å². The molecule has 2 atom stereocenters. The first-order valence-corrected chi connectivity index (χ1v) is 9.28. The molecule has 1 N–H and O–H groups in total. The lowest BCUT2D eigenvalue weighted by molar-refractivity contribution is 0.0595. The normalized spacial score (nSPS) is 21.0. The third kappa shape index (κ3) is 2.68.